The largest absolute Gasteiger partial charge is 0.493 e. The van der Waals surface area contributed by atoms with E-state index < -0.39 is 10.0 Å². The number of nitrogens with one attached hydrogen (secondary N) is 1. The Hall–Kier alpha value is -3.36. The van der Waals surface area contributed by atoms with Crippen molar-refractivity contribution in [2.45, 2.75) is 18.0 Å². The molecule has 0 aliphatic heterocycles. The van der Waals surface area contributed by atoms with Crippen LogP contribution in [-0.2, 0) is 23.2 Å². The fourth-order valence-corrected chi connectivity index (χ4v) is 3.85. The molecule has 3 aromatic carbocycles. The molecule has 0 saturated carbocycles. The van der Waals surface area contributed by atoms with Gasteiger partial charge in [-0.1, -0.05) is 36.4 Å². The third kappa shape index (κ3) is 5.66. The average Bonchev–Trinajstić information content (AvgIpc) is 2.82. The lowest BCUT2D eigenvalue weighted by molar-refractivity contribution is 0.0950. The van der Waals surface area contributed by atoms with Crippen molar-refractivity contribution in [1.29, 1.82) is 0 Å². The second-order valence-electron chi connectivity index (χ2n) is 7.25. The van der Waals surface area contributed by atoms with E-state index in [2.05, 4.69) is 5.32 Å². The summed E-state index contributed by atoms with van der Waals surface area (Å²) in [7, 11) is 0.954. The molecule has 0 aliphatic carbocycles. The lowest BCUT2D eigenvalue weighted by Gasteiger charge is -2.13. The van der Waals surface area contributed by atoms with E-state index in [-0.39, 0.29) is 17.3 Å². The van der Waals surface area contributed by atoms with Gasteiger partial charge < -0.3 is 14.8 Å². The van der Waals surface area contributed by atoms with Crippen LogP contribution < -0.4 is 14.8 Å². The zero-order chi connectivity index (χ0) is 23.1. The van der Waals surface area contributed by atoms with E-state index in [1.54, 1.807) is 7.11 Å². The third-order valence-electron chi connectivity index (χ3n) is 4.81. The van der Waals surface area contributed by atoms with Gasteiger partial charge in [0.2, 0.25) is 10.0 Å². The molecule has 1 N–H and O–H groups in total. The minimum absolute atomic E-state index is 0.134. The van der Waals surface area contributed by atoms with Crippen molar-refractivity contribution < 1.29 is 22.7 Å². The highest BCUT2D eigenvalue weighted by Crippen LogP contribution is 2.29. The fourth-order valence-electron chi connectivity index (χ4n) is 2.95. The van der Waals surface area contributed by atoms with Crippen molar-refractivity contribution in [2.75, 3.05) is 21.2 Å². The molecule has 0 spiro atoms. The van der Waals surface area contributed by atoms with E-state index >= 15 is 0 Å². The molecule has 0 fully saturated rings. The standard InChI is InChI=1S/C24H26N2O5S/c1-26(2)32(28,29)21-12-10-20(11-13-21)24(27)25-16-19-9-14-22(23(15-19)30-3)31-17-18-7-5-4-6-8-18/h4-15H,16-17H2,1-3H3,(H,25,27). The summed E-state index contributed by atoms with van der Waals surface area (Å²) < 4.78 is 36.7. The number of carbonyl (C=O) groups excluding carboxylic acids is 1. The molecule has 3 aromatic rings. The average molecular weight is 455 g/mol. The molecular formula is C24H26N2O5S. The van der Waals surface area contributed by atoms with Gasteiger partial charge in [0.1, 0.15) is 6.61 Å². The van der Waals surface area contributed by atoms with Gasteiger partial charge in [-0.25, -0.2) is 12.7 Å². The maximum absolute atomic E-state index is 12.5. The molecule has 0 aliphatic rings. The lowest BCUT2D eigenvalue weighted by Crippen LogP contribution is -2.24. The van der Waals surface area contributed by atoms with Crippen LogP contribution in [0.3, 0.4) is 0 Å². The number of amides is 1. The number of methoxy groups -OCH3 is 1. The topological polar surface area (TPSA) is 84.9 Å². The summed E-state index contributed by atoms with van der Waals surface area (Å²) in [6.07, 6.45) is 0. The molecule has 32 heavy (non-hydrogen) atoms. The van der Waals surface area contributed by atoms with Crippen molar-refractivity contribution in [1.82, 2.24) is 9.62 Å². The van der Waals surface area contributed by atoms with E-state index in [1.807, 2.05) is 48.5 Å². The van der Waals surface area contributed by atoms with Crippen LogP contribution in [0.5, 0.6) is 11.5 Å². The molecule has 3 rings (SSSR count). The van der Waals surface area contributed by atoms with E-state index in [9.17, 15) is 13.2 Å². The van der Waals surface area contributed by atoms with Gasteiger partial charge in [-0.05, 0) is 47.5 Å². The molecule has 0 bridgehead atoms. The predicted octanol–water partition coefficient (Wildman–Crippen LogP) is 3.45. The summed E-state index contributed by atoms with van der Waals surface area (Å²) >= 11 is 0. The molecule has 168 valence electrons. The van der Waals surface area contributed by atoms with Crippen LogP contribution in [0.25, 0.3) is 0 Å². The van der Waals surface area contributed by atoms with Crippen LogP contribution in [-0.4, -0.2) is 39.8 Å². The first-order valence-corrected chi connectivity index (χ1v) is 11.4. The molecular weight excluding hydrogens is 428 g/mol. The first-order valence-electron chi connectivity index (χ1n) is 9.95. The molecule has 0 aromatic heterocycles. The fraction of sp³-hybridized carbons (Fsp3) is 0.208. The van der Waals surface area contributed by atoms with Crippen molar-refractivity contribution in [3.63, 3.8) is 0 Å². The number of hydrogen-bond acceptors (Lipinski definition) is 5. The summed E-state index contributed by atoms with van der Waals surface area (Å²) in [4.78, 5) is 12.6. The van der Waals surface area contributed by atoms with Crippen LogP contribution in [0.2, 0.25) is 0 Å². The highest BCUT2D eigenvalue weighted by Gasteiger charge is 2.17. The van der Waals surface area contributed by atoms with Crippen LogP contribution in [0, 0.1) is 0 Å². The van der Waals surface area contributed by atoms with Gasteiger partial charge in [0.05, 0.1) is 12.0 Å². The van der Waals surface area contributed by atoms with E-state index in [4.69, 9.17) is 9.47 Å². The molecule has 8 heteroatoms. The smallest absolute Gasteiger partial charge is 0.251 e. The minimum atomic E-state index is -3.53. The van der Waals surface area contributed by atoms with Crippen LogP contribution in [0.1, 0.15) is 21.5 Å². The van der Waals surface area contributed by atoms with Crippen molar-refractivity contribution in [3.8, 4) is 11.5 Å². The Morgan fingerprint density at radius 1 is 0.906 bits per heavy atom. The number of rotatable bonds is 9. The number of carbonyl (C=O) groups is 1. The van der Waals surface area contributed by atoms with Gasteiger partial charge >= 0.3 is 0 Å². The minimum Gasteiger partial charge on any atom is -0.493 e. The van der Waals surface area contributed by atoms with Gasteiger partial charge in [0, 0.05) is 26.2 Å². The van der Waals surface area contributed by atoms with Gasteiger partial charge in [-0.2, -0.15) is 0 Å². The van der Waals surface area contributed by atoms with Crippen molar-refractivity contribution in [3.05, 3.63) is 89.5 Å². The number of hydrogen-bond donors (Lipinski definition) is 1. The Kier molecular flexibility index (Phi) is 7.50. The summed E-state index contributed by atoms with van der Waals surface area (Å²) in [5.41, 5.74) is 2.27. The van der Waals surface area contributed by atoms with Gasteiger partial charge in [-0.3, -0.25) is 4.79 Å². The lowest BCUT2D eigenvalue weighted by atomic mass is 10.1. The summed E-state index contributed by atoms with van der Waals surface area (Å²) in [6.45, 7) is 0.707. The molecule has 7 nitrogen and oxygen atoms in total. The highest BCUT2D eigenvalue weighted by atomic mass is 32.2. The molecule has 0 radical (unpaired) electrons. The highest BCUT2D eigenvalue weighted by molar-refractivity contribution is 7.89. The van der Waals surface area contributed by atoms with Gasteiger partial charge in [-0.15, -0.1) is 0 Å². The Balaban J connectivity index is 1.62. The molecule has 0 saturated heterocycles. The van der Waals surface area contributed by atoms with Crippen LogP contribution >= 0.6 is 0 Å². The second-order valence-corrected chi connectivity index (χ2v) is 9.41. The van der Waals surface area contributed by atoms with E-state index in [0.717, 1.165) is 15.4 Å². The molecule has 1 amide bonds. The Morgan fingerprint density at radius 3 is 2.22 bits per heavy atom. The summed E-state index contributed by atoms with van der Waals surface area (Å²) in [5.74, 6) is 0.886. The summed E-state index contributed by atoms with van der Waals surface area (Å²) in [5, 5.41) is 2.83. The van der Waals surface area contributed by atoms with E-state index in [1.165, 1.54) is 38.4 Å². The first-order chi connectivity index (χ1) is 15.3. The van der Waals surface area contributed by atoms with E-state index in [0.29, 0.717) is 23.7 Å². The maximum Gasteiger partial charge on any atom is 0.251 e. The molecule has 0 unspecified atom stereocenters. The quantitative estimate of drug-likeness (QED) is 0.535. The number of ether oxygens (including phenoxy) is 2. The monoisotopic (exact) mass is 454 g/mol. The molecule has 0 heterocycles. The third-order valence-corrected chi connectivity index (χ3v) is 6.64. The van der Waals surface area contributed by atoms with Crippen LogP contribution in [0.4, 0.5) is 0 Å². The predicted molar refractivity (Wildman–Crippen MR) is 122 cm³/mol. The Bertz CT molecular complexity index is 1160. The van der Waals surface area contributed by atoms with Gasteiger partial charge in [0.15, 0.2) is 11.5 Å². The number of nitrogens with zero attached hydrogens (tertiary/aromatic N) is 1. The Morgan fingerprint density at radius 2 is 1.59 bits per heavy atom. The normalized spacial score (nSPS) is 11.2. The van der Waals surface area contributed by atoms with Crippen molar-refractivity contribution >= 4 is 15.9 Å². The summed E-state index contributed by atoms with van der Waals surface area (Å²) in [6, 6.07) is 21.1. The number of sulfonamides is 1. The zero-order valence-electron chi connectivity index (χ0n) is 18.2. The Labute approximate surface area is 188 Å². The van der Waals surface area contributed by atoms with Gasteiger partial charge in [0.25, 0.3) is 5.91 Å². The number of benzene rings is 3. The van der Waals surface area contributed by atoms with Crippen LogP contribution in [0.15, 0.2) is 77.7 Å². The first kappa shape index (κ1) is 23.3. The molecule has 0 atom stereocenters. The second kappa shape index (κ2) is 10.3. The maximum atomic E-state index is 12.5. The van der Waals surface area contributed by atoms with Crippen molar-refractivity contribution in [2.24, 2.45) is 0 Å². The zero-order valence-corrected chi connectivity index (χ0v) is 19.1. The SMILES string of the molecule is COc1cc(CNC(=O)c2ccc(S(=O)(=O)N(C)C)cc2)ccc1OCc1ccccc1.